The first-order valence-corrected chi connectivity index (χ1v) is 4.47. The molecule has 0 saturated heterocycles. The summed E-state index contributed by atoms with van der Waals surface area (Å²) in [5, 5.41) is 1.89. The first-order valence-electron chi connectivity index (χ1n) is 2.79. The van der Waals surface area contributed by atoms with Crippen molar-refractivity contribution in [2.75, 3.05) is 6.67 Å². The second-order valence-electron chi connectivity index (χ2n) is 1.93. The van der Waals surface area contributed by atoms with Crippen molar-refractivity contribution < 1.29 is 4.39 Å². The van der Waals surface area contributed by atoms with E-state index >= 15 is 0 Å². The predicted molar refractivity (Wildman–Crippen MR) is 52.2 cm³/mol. The Morgan fingerprint density at radius 3 is 2.73 bits per heavy atom. The van der Waals surface area contributed by atoms with Crippen LogP contribution in [0.1, 0.15) is 10.9 Å². The fraction of sp³-hybridized carbons (Fsp3) is 0.333. The molecule has 0 amide bonds. The van der Waals surface area contributed by atoms with Gasteiger partial charge in [-0.2, -0.15) is 0 Å². The Balaban J connectivity index is 0.000001000. The molecular weight excluding hydrogens is 252 g/mol. The fourth-order valence-corrected chi connectivity index (χ4v) is 2.03. The molecule has 0 aliphatic carbocycles. The summed E-state index contributed by atoms with van der Waals surface area (Å²) in [7, 11) is 0. The van der Waals surface area contributed by atoms with Crippen LogP contribution in [0.15, 0.2) is 15.9 Å². The van der Waals surface area contributed by atoms with Gasteiger partial charge in [-0.3, -0.25) is 0 Å². The number of hydrogen-bond acceptors (Lipinski definition) is 2. The van der Waals surface area contributed by atoms with Crippen LogP contribution in [-0.4, -0.2) is 6.67 Å². The molecule has 1 heterocycles. The minimum absolute atomic E-state index is 0. The summed E-state index contributed by atoms with van der Waals surface area (Å²) in [6, 6.07) is 1.39. The standard InChI is InChI=1S/C6H7BrFNS.ClH/c7-4-1-6(10-3-4)5(9)2-8;/h1,3,5H,2,9H2;1H/t5-;/m1./s1. The molecule has 0 bridgehead atoms. The van der Waals surface area contributed by atoms with Gasteiger partial charge in [0, 0.05) is 14.7 Å². The first-order chi connectivity index (χ1) is 4.74. The number of thiophene rings is 1. The van der Waals surface area contributed by atoms with Crippen LogP contribution in [-0.2, 0) is 0 Å². The molecule has 1 rings (SSSR count). The molecule has 0 fully saturated rings. The Bertz CT molecular complexity index is 218. The highest BCUT2D eigenvalue weighted by molar-refractivity contribution is 9.10. The third-order valence-electron chi connectivity index (χ3n) is 1.12. The summed E-state index contributed by atoms with van der Waals surface area (Å²) in [5.41, 5.74) is 5.42. The lowest BCUT2D eigenvalue weighted by Gasteiger charge is -2.00. The van der Waals surface area contributed by atoms with Gasteiger partial charge in [0.15, 0.2) is 0 Å². The summed E-state index contributed by atoms with van der Waals surface area (Å²) in [6.45, 7) is -0.493. The average molecular weight is 261 g/mol. The van der Waals surface area contributed by atoms with Crippen molar-refractivity contribution in [2.24, 2.45) is 5.73 Å². The zero-order valence-electron chi connectivity index (χ0n) is 5.59. The molecule has 1 atom stereocenters. The Morgan fingerprint density at radius 1 is 1.73 bits per heavy atom. The van der Waals surface area contributed by atoms with E-state index in [2.05, 4.69) is 15.9 Å². The largest absolute Gasteiger partial charge is 0.321 e. The summed E-state index contributed by atoms with van der Waals surface area (Å²) in [5.74, 6) is 0. The number of rotatable bonds is 2. The van der Waals surface area contributed by atoms with Crippen LogP contribution in [0.2, 0.25) is 0 Å². The fourth-order valence-electron chi connectivity index (χ4n) is 0.599. The lowest BCUT2D eigenvalue weighted by molar-refractivity contribution is 0.440. The van der Waals surface area contributed by atoms with Crippen molar-refractivity contribution in [3.63, 3.8) is 0 Å². The van der Waals surface area contributed by atoms with Crippen molar-refractivity contribution in [1.82, 2.24) is 0 Å². The maximum absolute atomic E-state index is 11.9. The normalized spacial score (nSPS) is 12.3. The van der Waals surface area contributed by atoms with Crippen LogP contribution in [0, 0.1) is 0 Å². The third kappa shape index (κ3) is 3.07. The number of halogens is 3. The molecule has 0 aliphatic heterocycles. The van der Waals surface area contributed by atoms with Crippen molar-refractivity contribution in [2.45, 2.75) is 6.04 Å². The second-order valence-corrected chi connectivity index (χ2v) is 3.79. The number of hydrogen-bond donors (Lipinski definition) is 1. The van der Waals surface area contributed by atoms with E-state index in [1.165, 1.54) is 11.3 Å². The molecule has 1 aromatic heterocycles. The highest BCUT2D eigenvalue weighted by atomic mass is 79.9. The lowest BCUT2D eigenvalue weighted by Crippen LogP contribution is -2.09. The molecule has 2 N–H and O–H groups in total. The molecule has 0 spiro atoms. The van der Waals surface area contributed by atoms with Gasteiger partial charge in [-0.25, -0.2) is 4.39 Å². The molecule has 1 aromatic rings. The summed E-state index contributed by atoms with van der Waals surface area (Å²) in [4.78, 5) is 0.884. The van der Waals surface area contributed by atoms with E-state index in [9.17, 15) is 4.39 Å². The zero-order chi connectivity index (χ0) is 7.56. The monoisotopic (exact) mass is 259 g/mol. The number of nitrogens with two attached hydrogens (primary N) is 1. The molecule has 0 radical (unpaired) electrons. The number of alkyl halides is 1. The van der Waals surface area contributed by atoms with Gasteiger partial charge in [0.1, 0.15) is 6.67 Å². The van der Waals surface area contributed by atoms with Crippen molar-refractivity contribution in [1.29, 1.82) is 0 Å². The van der Waals surface area contributed by atoms with Crippen molar-refractivity contribution in [3.05, 3.63) is 20.8 Å². The van der Waals surface area contributed by atoms with Gasteiger partial charge in [0.25, 0.3) is 0 Å². The molecule has 1 nitrogen and oxygen atoms in total. The van der Waals surface area contributed by atoms with E-state index < -0.39 is 12.7 Å². The topological polar surface area (TPSA) is 26.0 Å². The van der Waals surface area contributed by atoms with Gasteiger partial charge in [-0.05, 0) is 22.0 Å². The smallest absolute Gasteiger partial charge is 0.109 e. The van der Waals surface area contributed by atoms with Gasteiger partial charge in [0.05, 0.1) is 6.04 Å². The highest BCUT2D eigenvalue weighted by Gasteiger charge is 2.06. The van der Waals surface area contributed by atoms with Crippen molar-refractivity contribution >= 4 is 39.7 Å². The summed E-state index contributed by atoms with van der Waals surface area (Å²) in [6.07, 6.45) is 0. The third-order valence-corrected chi connectivity index (χ3v) is 2.94. The van der Waals surface area contributed by atoms with Crippen LogP contribution in [0.5, 0.6) is 0 Å². The zero-order valence-corrected chi connectivity index (χ0v) is 8.81. The van der Waals surface area contributed by atoms with Crippen LogP contribution in [0.4, 0.5) is 4.39 Å². The Hall–Kier alpha value is 0.360. The Labute approximate surface area is 83.3 Å². The van der Waals surface area contributed by atoms with E-state index in [4.69, 9.17) is 5.73 Å². The van der Waals surface area contributed by atoms with Gasteiger partial charge in [0.2, 0.25) is 0 Å². The summed E-state index contributed by atoms with van der Waals surface area (Å²) >= 11 is 4.73. The van der Waals surface area contributed by atoms with Crippen LogP contribution >= 0.6 is 39.7 Å². The maximum atomic E-state index is 11.9. The second kappa shape index (κ2) is 5.09. The SMILES string of the molecule is Cl.N[C@H](CF)c1cc(Br)cs1. The van der Waals surface area contributed by atoms with Gasteiger partial charge in [-0.1, -0.05) is 0 Å². The van der Waals surface area contributed by atoms with Gasteiger partial charge in [-0.15, -0.1) is 23.7 Å². The van der Waals surface area contributed by atoms with Crippen LogP contribution in [0.3, 0.4) is 0 Å². The van der Waals surface area contributed by atoms with Crippen molar-refractivity contribution in [3.8, 4) is 0 Å². The quantitative estimate of drug-likeness (QED) is 0.869. The first kappa shape index (κ1) is 11.4. The highest BCUT2D eigenvalue weighted by Crippen LogP contribution is 2.24. The molecule has 64 valence electrons. The molecule has 5 heteroatoms. The van der Waals surface area contributed by atoms with E-state index in [-0.39, 0.29) is 12.4 Å². The van der Waals surface area contributed by atoms with E-state index in [0.717, 1.165) is 9.35 Å². The average Bonchev–Trinajstić information content (AvgIpc) is 2.34. The predicted octanol–water partition coefficient (Wildman–Crippen LogP) is 2.90. The minimum atomic E-state index is -0.493. The van der Waals surface area contributed by atoms with Gasteiger partial charge < -0.3 is 5.73 Å². The van der Waals surface area contributed by atoms with Crippen LogP contribution < -0.4 is 5.73 Å². The van der Waals surface area contributed by atoms with Gasteiger partial charge >= 0.3 is 0 Å². The molecule has 0 unspecified atom stereocenters. The summed E-state index contributed by atoms with van der Waals surface area (Å²) < 4.78 is 12.9. The van der Waals surface area contributed by atoms with Crippen LogP contribution in [0.25, 0.3) is 0 Å². The minimum Gasteiger partial charge on any atom is -0.321 e. The maximum Gasteiger partial charge on any atom is 0.109 e. The molecular formula is C6H8BrClFNS. The van der Waals surface area contributed by atoms with E-state index in [1.54, 1.807) is 0 Å². The molecule has 0 saturated carbocycles. The Kier molecular flexibility index (Phi) is 5.25. The van der Waals surface area contributed by atoms with E-state index in [1.807, 2.05) is 11.4 Å². The molecule has 11 heavy (non-hydrogen) atoms. The van der Waals surface area contributed by atoms with E-state index in [0.29, 0.717) is 0 Å². The molecule has 0 aromatic carbocycles. The Morgan fingerprint density at radius 2 is 2.36 bits per heavy atom. The molecule has 0 aliphatic rings. The lowest BCUT2D eigenvalue weighted by atomic mass is 10.3.